The van der Waals surface area contributed by atoms with Gasteiger partial charge in [-0.05, 0) is 52.5 Å². The fourth-order valence-corrected chi connectivity index (χ4v) is 3.85. The van der Waals surface area contributed by atoms with Crippen molar-refractivity contribution in [3.05, 3.63) is 35.4 Å². The third-order valence-electron chi connectivity index (χ3n) is 5.56. The van der Waals surface area contributed by atoms with Crippen molar-refractivity contribution in [1.82, 2.24) is 24.5 Å². The molecule has 1 saturated carbocycles. The lowest BCUT2D eigenvalue weighted by molar-refractivity contribution is 0.0681. The molecular weight excluding hydrogens is 358 g/mol. The minimum atomic E-state index is -0.972. The number of likely N-dealkylation sites (tertiary alicyclic amines) is 1. The van der Waals surface area contributed by atoms with E-state index in [1.165, 1.54) is 24.7 Å². The normalized spacial score (nSPS) is 18.5. The Morgan fingerprint density at radius 2 is 1.82 bits per heavy atom. The van der Waals surface area contributed by atoms with Gasteiger partial charge in [0.1, 0.15) is 0 Å². The van der Waals surface area contributed by atoms with Crippen molar-refractivity contribution in [1.29, 1.82) is 0 Å². The average Bonchev–Trinajstić information content (AvgIpc) is 3.20. The lowest BCUT2D eigenvalue weighted by atomic mass is 10.0. The van der Waals surface area contributed by atoms with Crippen molar-refractivity contribution in [3.63, 3.8) is 0 Å². The summed E-state index contributed by atoms with van der Waals surface area (Å²) in [7, 11) is 0. The quantitative estimate of drug-likeness (QED) is 0.873. The molecule has 2 aromatic heterocycles. The molecule has 0 bridgehead atoms. The predicted octanol–water partition coefficient (Wildman–Crippen LogP) is 2.89. The Bertz CT molecular complexity index is 895. The predicted molar refractivity (Wildman–Crippen MR) is 103 cm³/mol. The number of carbonyl (C=O) groups excluding carboxylic acids is 1. The van der Waals surface area contributed by atoms with Crippen molar-refractivity contribution in [2.24, 2.45) is 0 Å². The first kappa shape index (κ1) is 18.7. The summed E-state index contributed by atoms with van der Waals surface area (Å²) in [6, 6.07) is 2.09. The molecule has 1 saturated heterocycles. The van der Waals surface area contributed by atoms with Crippen molar-refractivity contribution < 1.29 is 14.7 Å². The van der Waals surface area contributed by atoms with Crippen LogP contribution in [-0.4, -0.2) is 54.5 Å². The summed E-state index contributed by atoms with van der Waals surface area (Å²) in [6.45, 7) is 7.57. The summed E-state index contributed by atoms with van der Waals surface area (Å²) in [5, 5.41) is 17.9. The van der Waals surface area contributed by atoms with E-state index in [-0.39, 0.29) is 23.1 Å². The van der Waals surface area contributed by atoms with Crippen LogP contribution in [0.15, 0.2) is 18.5 Å². The Morgan fingerprint density at radius 3 is 2.36 bits per heavy atom. The molecule has 150 valence electrons. The number of carboxylic acid groups (broad SMARTS) is 1. The van der Waals surface area contributed by atoms with Crippen LogP contribution in [0.3, 0.4) is 0 Å². The Hall–Kier alpha value is -2.64. The van der Waals surface area contributed by atoms with Gasteiger partial charge in [0.15, 0.2) is 5.69 Å². The Labute approximate surface area is 164 Å². The maximum absolute atomic E-state index is 13.0. The number of aromatic carboxylic acids is 1. The van der Waals surface area contributed by atoms with E-state index in [9.17, 15) is 9.59 Å². The number of carboxylic acids is 1. The van der Waals surface area contributed by atoms with E-state index >= 15 is 0 Å². The van der Waals surface area contributed by atoms with Gasteiger partial charge >= 0.3 is 5.97 Å². The molecule has 8 heteroatoms. The molecule has 0 aromatic carbocycles. The van der Waals surface area contributed by atoms with E-state index in [2.05, 4.69) is 31.0 Å². The summed E-state index contributed by atoms with van der Waals surface area (Å²) >= 11 is 0. The Morgan fingerprint density at radius 1 is 1.14 bits per heavy atom. The molecule has 28 heavy (non-hydrogen) atoms. The summed E-state index contributed by atoms with van der Waals surface area (Å²) in [4.78, 5) is 25.9. The number of aromatic nitrogens is 4. The smallest absolute Gasteiger partial charge is 0.338 e. The van der Waals surface area contributed by atoms with Gasteiger partial charge in [-0.1, -0.05) is 0 Å². The van der Waals surface area contributed by atoms with Gasteiger partial charge in [-0.15, -0.1) is 0 Å². The molecule has 1 amide bonds. The highest BCUT2D eigenvalue weighted by Gasteiger charge is 2.34. The van der Waals surface area contributed by atoms with Gasteiger partial charge in [0.2, 0.25) is 0 Å². The minimum absolute atomic E-state index is 0.0185. The third-order valence-corrected chi connectivity index (χ3v) is 5.56. The fraction of sp³-hybridized carbons (Fsp3) is 0.600. The second kappa shape index (κ2) is 6.76. The standard InChI is InChI=1S/C20H27N5O3/c1-20(2,3)25-17(13-4-5-13)10-16(22-25)18(26)23-8-6-15(7-9-23)24-12-14(11-21-24)19(27)28/h10-13,15H,4-9H2,1-3H3,(H,27,28). The van der Waals surface area contributed by atoms with Crippen LogP contribution < -0.4 is 0 Å². The largest absolute Gasteiger partial charge is 0.478 e. The van der Waals surface area contributed by atoms with E-state index in [1.54, 1.807) is 10.9 Å². The zero-order chi connectivity index (χ0) is 20.1. The summed E-state index contributed by atoms with van der Waals surface area (Å²) in [5.74, 6) is -0.461. The zero-order valence-electron chi connectivity index (χ0n) is 16.6. The molecular formula is C20H27N5O3. The van der Waals surface area contributed by atoms with Crippen molar-refractivity contribution in [3.8, 4) is 0 Å². The van der Waals surface area contributed by atoms with Crippen LogP contribution in [0, 0.1) is 0 Å². The highest BCUT2D eigenvalue weighted by molar-refractivity contribution is 5.92. The number of hydrogen-bond donors (Lipinski definition) is 1. The minimum Gasteiger partial charge on any atom is -0.478 e. The lowest BCUT2D eigenvalue weighted by Gasteiger charge is -2.31. The van der Waals surface area contributed by atoms with E-state index in [1.807, 2.05) is 15.6 Å². The second-order valence-electron chi connectivity index (χ2n) is 8.85. The van der Waals surface area contributed by atoms with Gasteiger partial charge in [0.25, 0.3) is 5.91 Å². The molecule has 0 spiro atoms. The molecule has 0 unspecified atom stereocenters. The topological polar surface area (TPSA) is 93.2 Å². The van der Waals surface area contributed by atoms with Gasteiger partial charge in [-0.25, -0.2) is 4.79 Å². The van der Waals surface area contributed by atoms with Gasteiger partial charge in [0, 0.05) is 30.9 Å². The van der Waals surface area contributed by atoms with Crippen molar-refractivity contribution in [2.45, 2.75) is 64.0 Å². The SMILES string of the molecule is CC(C)(C)n1nc(C(=O)N2CCC(n3cc(C(=O)O)cn3)CC2)cc1C1CC1. The number of hydrogen-bond acceptors (Lipinski definition) is 4. The Kier molecular flexibility index (Phi) is 4.51. The van der Waals surface area contributed by atoms with Crippen LogP contribution in [-0.2, 0) is 5.54 Å². The van der Waals surface area contributed by atoms with Crippen LogP contribution in [0.5, 0.6) is 0 Å². The maximum atomic E-state index is 13.0. The third kappa shape index (κ3) is 3.55. The number of rotatable bonds is 4. The first-order valence-electron chi connectivity index (χ1n) is 9.91. The molecule has 1 aliphatic carbocycles. The van der Waals surface area contributed by atoms with Crippen LogP contribution in [0.25, 0.3) is 0 Å². The van der Waals surface area contributed by atoms with Gasteiger partial charge in [-0.3, -0.25) is 14.2 Å². The molecule has 4 rings (SSSR count). The first-order valence-corrected chi connectivity index (χ1v) is 9.91. The van der Waals surface area contributed by atoms with Crippen LogP contribution in [0.2, 0.25) is 0 Å². The second-order valence-corrected chi connectivity index (χ2v) is 8.85. The number of piperidine rings is 1. The molecule has 2 aliphatic rings. The number of nitrogens with zero attached hydrogens (tertiary/aromatic N) is 5. The molecule has 0 radical (unpaired) electrons. The fourth-order valence-electron chi connectivity index (χ4n) is 3.85. The van der Waals surface area contributed by atoms with E-state index in [4.69, 9.17) is 5.11 Å². The van der Waals surface area contributed by atoms with Crippen LogP contribution >= 0.6 is 0 Å². The summed E-state index contributed by atoms with van der Waals surface area (Å²) < 4.78 is 3.73. The van der Waals surface area contributed by atoms with Gasteiger partial charge in [0.05, 0.1) is 23.3 Å². The molecule has 0 atom stereocenters. The zero-order valence-corrected chi connectivity index (χ0v) is 16.6. The average molecular weight is 385 g/mol. The molecule has 8 nitrogen and oxygen atoms in total. The summed E-state index contributed by atoms with van der Waals surface area (Å²) in [6.07, 6.45) is 6.78. The van der Waals surface area contributed by atoms with E-state index in [0.717, 1.165) is 12.8 Å². The van der Waals surface area contributed by atoms with Gasteiger partial charge in [-0.2, -0.15) is 10.2 Å². The van der Waals surface area contributed by atoms with Gasteiger partial charge < -0.3 is 10.0 Å². The molecule has 1 aliphatic heterocycles. The monoisotopic (exact) mass is 385 g/mol. The van der Waals surface area contributed by atoms with Crippen LogP contribution in [0.4, 0.5) is 0 Å². The first-order chi connectivity index (χ1) is 13.2. The summed E-state index contributed by atoms with van der Waals surface area (Å²) in [5.41, 5.74) is 1.75. The lowest BCUT2D eigenvalue weighted by Crippen LogP contribution is -2.39. The highest BCUT2D eigenvalue weighted by Crippen LogP contribution is 2.42. The highest BCUT2D eigenvalue weighted by atomic mass is 16.4. The van der Waals surface area contributed by atoms with Crippen molar-refractivity contribution >= 4 is 11.9 Å². The van der Waals surface area contributed by atoms with Crippen molar-refractivity contribution in [2.75, 3.05) is 13.1 Å². The molecule has 2 fully saturated rings. The Balaban J connectivity index is 1.45. The number of carbonyl (C=O) groups is 2. The molecule has 2 aromatic rings. The maximum Gasteiger partial charge on any atom is 0.338 e. The van der Waals surface area contributed by atoms with Crippen LogP contribution in [0.1, 0.15) is 85.0 Å². The van der Waals surface area contributed by atoms with E-state index in [0.29, 0.717) is 24.7 Å². The number of amides is 1. The molecule has 1 N–H and O–H groups in total. The molecule has 3 heterocycles. The van der Waals surface area contributed by atoms with E-state index < -0.39 is 5.97 Å².